The highest BCUT2D eigenvalue weighted by atomic mass is 16.5. The average molecular weight is 263 g/mol. The molecule has 5 nitrogen and oxygen atoms in total. The van der Waals surface area contributed by atoms with Gasteiger partial charge in [0.1, 0.15) is 0 Å². The van der Waals surface area contributed by atoms with Gasteiger partial charge in [-0.15, -0.1) is 0 Å². The van der Waals surface area contributed by atoms with Gasteiger partial charge >= 0.3 is 5.97 Å². The quantitative estimate of drug-likeness (QED) is 0.623. The number of rotatable bonds is 5. The van der Waals surface area contributed by atoms with Crippen molar-refractivity contribution in [1.82, 2.24) is 4.90 Å². The number of nitrogen functional groups attached to an aromatic ring is 1. The summed E-state index contributed by atoms with van der Waals surface area (Å²) in [4.78, 5) is 14.0. The number of likely N-dealkylation sites (tertiary alicyclic amines) is 1. The van der Waals surface area contributed by atoms with Gasteiger partial charge < -0.3 is 20.7 Å². The molecule has 0 bridgehead atoms. The van der Waals surface area contributed by atoms with Crippen LogP contribution in [0.2, 0.25) is 0 Å². The highest BCUT2D eigenvalue weighted by Gasteiger charge is 2.12. The Morgan fingerprint density at radius 1 is 1.42 bits per heavy atom. The first-order chi connectivity index (χ1) is 9.20. The van der Waals surface area contributed by atoms with Gasteiger partial charge in [0.2, 0.25) is 0 Å². The van der Waals surface area contributed by atoms with Crippen LogP contribution in [0.1, 0.15) is 23.2 Å². The Labute approximate surface area is 113 Å². The lowest BCUT2D eigenvalue weighted by Gasteiger charge is -2.15. The van der Waals surface area contributed by atoms with E-state index in [1.54, 1.807) is 12.1 Å². The van der Waals surface area contributed by atoms with Crippen LogP contribution in [0.4, 0.5) is 11.4 Å². The van der Waals surface area contributed by atoms with Crippen LogP contribution in [0.25, 0.3) is 0 Å². The molecule has 0 atom stereocenters. The van der Waals surface area contributed by atoms with Crippen molar-refractivity contribution in [2.75, 3.05) is 44.3 Å². The summed E-state index contributed by atoms with van der Waals surface area (Å²) >= 11 is 0. The van der Waals surface area contributed by atoms with Gasteiger partial charge in [-0.3, -0.25) is 0 Å². The number of hydrogen-bond donors (Lipinski definition) is 2. The zero-order valence-corrected chi connectivity index (χ0v) is 11.3. The maximum absolute atomic E-state index is 11.5. The van der Waals surface area contributed by atoms with Gasteiger partial charge in [0.05, 0.1) is 12.7 Å². The number of carbonyl (C=O) groups is 1. The van der Waals surface area contributed by atoms with Crippen molar-refractivity contribution in [1.29, 1.82) is 0 Å². The number of nitrogens with two attached hydrogens (primary N) is 1. The lowest BCUT2D eigenvalue weighted by molar-refractivity contribution is 0.0602. The summed E-state index contributed by atoms with van der Waals surface area (Å²) in [6.45, 7) is 4.27. The van der Waals surface area contributed by atoms with Gasteiger partial charge in [-0.25, -0.2) is 4.79 Å². The molecule has 1 aromatic carbocycles. The van der Waals surface area contributed by atoms with Crippen LogP contribution in [0.3, 0.4) is 0 Å². The summed E-state index contributed by atoms with van der Waals surface area (Å²) in [5.41, 5.74) is 7.51. The first-order valence-electron chi connectivity index (χ1n) is 6.65. The van der Waals surface area contributed by atoms with Crippen LogP contribution < -0.4 is 11.1 Å². The highest BCUT2D eigenvalue weighted by Crippen LogP contribution is 2.18. The summed E-state index contributed by atoms with van der Waals surface area (Å²) in [6, 6.07) is 5.35. The molecule has 19 heavy (non-hydrogen) atoms. The van der Waals surface area contributed by atoms with E-state index in [1.807, 2.05) is 6.07 Å². The third kappa shape index (κ3) is 3.61. The maximum atomic E-state index is 11.5. The van der Waals surface area contributed by atoms with E-state index in [1.165, 1.54) is 33.0 Å². The van der Waals surface area contributed by atoms with Gasteiger partial charge in [-0.05, 0) is 44.1 Å². The molecule has 0 aromatic heterocycles. The number of nitrogens with zero attached hydrogens (tertiary/aromatic N) is 1. The number of benzene rings is 1. The van der Waals surface area contributed by atoms with Crippen molar-refractivity contribution in [3.05, 3.63) is 23.8 Å². The Morgan fingerprint density at radius 3 is 2.84 bits per heavy atom. The van der Waals surface area contributed by atoms with Crippen LogP contribution in [-0.2, 0) is 4.74 Å². The molecule has 3 N–H and O–H groups in total. The topological polar surface area (TPSA) is 67.6 Å². The second-order valence-electron chi connectivity index (χ2n) is 4.77. The first-order valence-corrected chi connectivity index (χ1v) is 6.65. The van der Waals surface area contributed by atoms with E-state index in [0.29, 0.717) is 11.3 Å². The predicted molar refractivity (Wildman–Crippen MR) is 76.4 cm³/mol. The Hall–Kier alpha value is -1.75. The molecule has 1 aliphatic rings. The van der Waals surface area contributed by atoms with Gasteiger partial charge in [-0.2, -0.15) is 0 Å². The third-order valence-corrected chi connectivity index (χ3v) is 3.41. The van der Waals surface area contributed by atoms with Crippen molar-refractivity contribution in [2.24, 2.45) is 0 Å². The van der Waals surface area contributed by atoms with Crippen molar-refractivity contribution < 1.29 is 9.53 Å². The van der Waals surface area contributed by atoms with Crippen LogP contribution >= 0.6 is 0 Å². The number of anilines is 2. The van der Waals surface area contributed by atoms with Crippen LogP contribution in [0.15, 0.2) is 18.2 Å². The molecule has 1 aromatic rings. The summed E-state index contributed by atoms with van der Waals surface area (Å²) in [6.07, 6.45) is 2.60. The molecule has 5 heteroatoms. The smallest absolute Gasteiger partial charge is 0.340 e. The second kappa shape index (κ2) is 6.43. The van der Waals surface area contributed by atoms with Crippen molar-refractivity contribution >= 4 is 17.3 Å². The zero-order valence-electron chi connectivity index (χ0n) is 11.3. The fourth-order valence-corrected chi connectivity index (χ4v) is 2.32. The fourth-order valence-electron chi connectivity index (χ4n) is 2.32. The molecule has 2 rings (SSSR count). The monoisotopic (exact) mass is 263 g/mol. The Balaban J connectivity index is 1.91. The van der Waals surface area contributed by atoms with E-state index in [9.17, 15) is 4.79 Å². The fraction of sp³-hybridized carbons (Fsp3) is 0.500. The van der Waals surface area contributed by atoms with Crippen molar-refractivity contribution in [3.8, 4) is 0 Å². The first kappa shape index (κ1) is 13.7. The van der Waals surface area contributed by atoms with Crippen LogP contribution in [0, 0.1) is 0 Å². The summed E-state index contributed by atoms with van der Waals surface area (Å²) < 4.78 is 4.70. The molecule has 0 amide bonds. The molecular weight excluding hydrogens is 242 g/mol. The Bertz CT molecular complexity index is 442. The predicted octanol–water partition coefficient (Wildman–Crippen LogP) is 1.56. The molecule has 0 unspecified atom stereocenters. The van der Waals surface area contributed by atoms with Gasteiger partial charge in [0, 0.05) is 24.5 Å². The van der Waals surface area contributed by atoms with Crippen LogP contribution in [0.5, 0.6) is 0 Å². The lowest BCUT2D eigenvalue weighted by atomic mass is 10.1. The molecule has 1 saturated heterocycles. The maximum Gasteiger partial charge on any atom is 0.340 e. The number of carbonyl (C=O) groups excluding carboxylic acids is 1. The standard InChI is InChI=1S/C14H21N3O2/c1-19-14(18)12-10-11(4-5-13(12)15)16-6-9-17-7-2-3-8-17/h4-5,10,16H,2-3,6-9,15H2,1H3. The minimum absolute atomic E-state index is 0.402. The molecule has 0 spiro atoms. The van der Waals surface area contributed by atoms with E-state index < -0.39 is 5.97 Å². The number of hydrogen-bond acceptors (Lipinski definition) is 5. The third-order valence-electron chi connectivity index (χ3n) is 3.41. The van der Waals surface area contributed by atoms with E-state index in [4.69, 9.17) is 10.5 Å². The van der Waals surface area contributed by atoms with Gasteiger partial charge in [0.15, 0.2) is 0 Å². The normalized spacial score (nSPS) is 15.4. The minimum atomic E-state index is -0.402. The molecule has 0 saturated carbocycles. The van der Waals surface area contributed by atoms with E-state index in [2.05, 4.69) is 10.2 Å². The molecule has 0 aliphatic carbocycles. The molecular formula is C14H21N3O2. The molecule has 1 heterocycles. The number of ether oxygens (including phenoxy) is 1. The van der Waals surface area contributed by atoms with Crippen molar-refractivity contribution in [2.45, 2.75) is 12.8 Å². The molecule has 0 radical (unpaired) electrons. The largest absolute Gasteiger partial charge is 0.465 e. The minimum Gasteiger partial charge on any atom is -0.465 e. The molecule has 1 aliphatic heterocycles. The summed E-state index contributed by atoms with van der Waals surface area (Å²) in [5.74, 6) is -0.402. The zero-order chi connectivity index (χ0) is 13.7. The molecule has 1 fully saturated rings. The lowest BCUT2D eigenvalue weighted by Crippen LogP contribution is -2.26. The summed E-state index contributed by atoms with van der Waals surface area (Å²) in [5, 5.41) is 3.31. The second-order valence-corrected chi connectivity index (χ2v) is 4.77. The van der Waals surface area contributed by atoms with Crippen LogP contribution in [-0.4, -0.2) is 44.2 Å². The number of esters is 1. The van der Waals surface area contributed by atoms with Gasteiger partial charge in [0.25, 0.3) is 0 Å². The van der Waals surface area contributed by atoms with E-state index in [0.717, 1.165) is 18.8 Å². The van der Waals surface area contributed by atoms with Gasteiger partial charge in [-0.1, -0.05) is 0 Å². The number of methoxy groups -OCH3 is 1. The summed E-state index contributed by atoms with van der Waals surface area (Å²) in [7, 11) is 1.36. The van der Waals surface area contributed by atoms with E-state index >= 15 is 0 Å². The Morgan fingerprint density at radius 2 is 2.16 bits per heavy atom. The average Bonchev–Trinajstić information content (AvgIpc) is 2.93. The SMILES string of the molecule is COC(=O)c1cc(NCCN2CCCC2)ccc1N. The van der Waals surface area contributed by atoms with E-state index in [-0.39, 0.29) is 0 Å². The highest BCUT2D eigenvalue weighted by molar-refractivity contribution is 5.96. The molecule has 104 valence electrons. The Kier molecular flexibility index (Phi) is 4.63. The van der Waals surface area contributed by atoms with Crippen molar-refractivity contribution in [3.63, 3.8) is 0 Å². The number of nitrogens with one attached hydrogen (secondary N) is 1.